The highest BCUT2D eigenvalue weighted by Crippen LogP contribution is 2.41. The van der Waals surface area contributed by atoms with E-state index in [-0.39, 0.29) is 22.6 Å². The molecule has 1 amide bonds. The van der Waals surface area contributed by atoms with Crippen LogP contribution in [0, 0.1) is 5.92 Å². The zero-order valence-electron chi connectivity index (χ0n) is 18.0. The van der Waals surface area contributed by atoms with E-state index in [4.69, 9.17) is 11.6 Å². The first-order valence-corrected chi connectivity index (χ1v) is 13.0. The molecule has 1 N–H and O–H groups in total. The molecular weight excluding hydrogens is 422 g/mol. The standard InChI is InChI=1S/C22H34ClN3O3S/c1-3-16-30(28,29)26-14-12-25(13-15-26)22(11-7-8-18(2)20(22)23)17-24-21(27)19-9-5-4-6-10-19/h4-6,9-10,18,20H,3,7-8,11-17H2,1-2H3,(H,24,27). The van der Waals surface area contributed by atoms with Crippen molar-refractivity contribution < 1.29 is 13.2 Å². The fourth-order valence-electron chi connectivity index (χ4n) is 4.90. The predicted octanol–water partition coefficient (Wildman–Crippen LogP) is 2.94. The fourth-order valence-corrected chi connectivity index (χ4v) is 6.84. The molecule has 6 nitrogen and oxygen atoms in total. The summed E-state index contributed by atoms with van der Waals surface area (Å²) in [5.74, 6) is 0.442. The number of benzene rings is 1. The molecule has 1 aromatic carbocycles. The van der Waals surface area contributed by atoms with E-state index >= 15 is 0 Å². The van der Waals surface area contributed by atoms with E-state index in [1.807, 2.05) is 25.1 Å². The number of alkyl halides is 1. The molecule has 1 aliphatic carbocycles. The molecule has 1 heterocycles. The molecule has 2 fully saturated rings. The number of nitrogens with zero attached hydrogens (tertiary/aromatic N) is 2. The van der Waals surface area contributed by atoms with Crippen molar-refractivity contribution in [2.24, 2.45) is 5.92 Å². The van der Waals surface area contributed by atoms with Gasteiger partial charge in [-0.05, 0) is 37.3 Å². The van der Waals surface area contributed by atoms with E-state index in [1.165, 1.54) is 0 Å². The molecule has 0 aromatic heterocycles. The maximum atomic E-state index is 12.7. The minimum atomic E-state index is -3.19. The van der Waals surface area contributed by atoms with Gasteiger partial charge in [-0.1, -0.05) is 38.5 Å². The lowest BCUT2D eigenvalue weighted by Crippen LogP contribution is -2.67. The van der Waals surface area contributed by atoms with Crippen LogP contribution >= 0.6 is 11.6 Å². The Balaban J connectivity index is 1.74. The highest BCUT2D eigenvalue weighted by atomic mass is 35.5. The number of sulfonamides is 1. The highest BCUT2D eigenvalue weighted by Gasteiger charge is 2.48. The molecule has 168 valence electrons. The number of carbonyl (C=O) groups excluding carboxylic acids is 1. The first-order valence-electron chi connectivity index (χ1n) is 11.0. The third kappa shape index (κ3) is 5.01. The van der Waals surface area contributed by atoms with Crippen LogP contribution in [0.5, 0.6) is 0 Å². The van der Waals surface area contributed by atoms with Crippen LogP contribution in [-0.2, 0) is 10.0 Å². The molecule has 1 aliphatic heterocycles. The van der Waals surface area contributed by atoms with E-state index in [2.05, 4.69) is 17.1 Å². The van der Waals surface area contributed by atoms with Gasteiger partial charge in [-0.15, -0.1) is 11.6 Å². The first-order chi connectivity index (χ1) is 14.3. The van der Waals surface area contributed by atoms with Gasteiger partial charge in [0.05, 0.1) is 16.7 Å². The summed E-state index contributed by atoms with van der Waals surface area (Å²) in [5.41, 5.74) is 0.280. The van der Waals surface area contributed by atoms with Crippen molar-refractivity contribution in [1.82, 2.24) is 14.5 Å². The molecule has 2 aliphatic rings. The average molecular weight is 456 g/mol. The van der Waals surface area contributed by atoms with Crippen LogP contribution in [-0.4, -0.2) is 72.9 Å². The molecule has 1 saturated heterocycles. The van der Waals surface area contributed by atoms with Crippen LogP contribution < -0.4 is 5.32 Å². The molecular formula is C22H34ClN3O3S. The van der Waals surface area contributed by atoms with Gasteiger partial charge < -0.3 is 5.32 Å². The zero-order chi connectivity index (χ0) is 21.8. The van der Waals surface area contributed by atoms with Gasteiger partial charge in [0.1, 0.15) is 0 Å². The van der Waals surface area contributed by atoms with Crippen LogP contribution in [0.3, 0.4) is 0 Å². The molecule has 0 radical (unpaired) electrons. The van der Waals surface area contributed by atoms with Gasteiger partial charge in [-0.2, -0.15) is 4.31 Å². The van der Waals surface area contributed by atoms with Gasteiger partial charge in [0.15, 0.2) is 0 Å². The number of nitrogens with one attached hydrogen (secondary N) is 1. The lowest BCUT2D eigenvalue weighted by molar-refractivity contribution is 0.0143. The summed E-state index contributed by atoms with van der Waals surface area (Å²) in [4.78, 5) is 15.0. The Labute approximate surface area is 186 Å². The zero-order valence-corrected chi connectivity index (χ0v) is 19.6. The number of hydrogen-bond acceptors (Lipinski definition) is 4. The number of piperazine rings is 1. The Kier molecular flexibility index (Phi) is 7.82. The molecule has 0 bridgehead atoms. The summed E-state index contributed by atoms with van der Waals surface area (Å²) < 4.78 is 26.5. The predicted molar refractivity (Wildman–Crippen MR) is 121 cm³/mol. The summed E-state index contributed by atoms with van der Waals surface area (Å²) >= 11 is 7.00. The molecule has 3 atom stereocenters. The first kappa shape index (κ1) is 23.5. The highest BCUT2D eigenvalue weighted by molar-refractivity contribution is 7.89. The quantitative estimate of drug-likeness (QED) is 0.642. The van der Waals surface area contributed by atoms with Crippen LogP contribution in [0.2, 0.25) is 0 Å². The minimum absolute atomic E-state index is 0.0961. The normalized spacial score (nSPS) is 28.9. The molecule has 0 spiro atoms. The Bertz CT molecular complexity index is 812. The number of rotatable bonds is 7. The van der Waals surface area contributed by atoms with Crippen molar-refractivity contribution >= 4 is 27.5 Å². The number of halogens is 1. The van der Waals surface area contributed by atoms with Crippen molar-refractivity contribution in [2.75, 3.05) is 38.5 Å². The fraction of sp³-hybridized carbons (Fsp3) is 0.682. The summed E-state index contributed by atoms with van der Waals surface area (Å²) in [6.07, 6.45) is 3.66. The largest absolute Gasteiger partial charge is 0.350 e. The Morgan fingerprint density at radius 3 is 2.50 bits per heavy atom. The summed E-state index contributed by atoms with van der Waals surface area (Å²) in [5, 5.41) is 3.03. The lowest BCUT2D eigenvalue weighted by atomic mass is 9.74. The van der Waals surface area contributed by atoms with Crippen LogP contribution in [0.25, 0.3) is 0 Å². The van der Waals surface area contributed by atoms with Gasteiger partial charge in [0.2, 0.25) is 10.0 Å². The SMILES string of the molecule is CCCS(=O)(=O)N1CCN(C2(CNC(=O)c3ccccc3)CCCC(C)C2Cl)CC1. The van der Waals surface area contributed by atoms with Gasteiger partial charge in [0.25, 0.3) is 5.91 Å². The van der Waals surface area contributed by atoms with Gasteiger partial charge in [-0.25, -0.2) is 8.42 Å². The second-order valence-electron chi connectivity index (χ2n) is 8.63. The third-order valence-corrected chi connectivity index (χ3v) is 9.51. The van der Waals surface area contributed by atoms with Crippen molar-refractivity contribution in [3.8, 4) is 0 Å². The second kappa shape index (κ2) is 9.98. The maximum Gasteiger partial charge on any atom is 0.251 e. The smallest absolute Gasteiger partial charge is 0.251 e. The summed E-state index contributed by atoms with van der Waals surface area (Å²) in [7, 11) is -3.19. The van der Waals surface area contributed by atoms with Crippen molar-refractivity contribution in [1.29, 1.82) is 0 Å². The molecule has 3 unspecified atom stereocenters. The monoisotopic (exact) mass is 455 g/mol. The molecule has 1 aromatic rings. The molecule has 1 saturated carbocycles. The Morgan fingerprint density at radius 2 is 1.87 bits per heavy atom. The molecule has 3 rings (SSSR count). The third-order valence-electron chi connectivity index (χ3n) is 6.60. The van der Waals surface area contributed by atoms with E-state index in [1.54, 1.807) is 16.4 Å². The second-order valence-corrected chi connectivity index (χ2v) is 11.2. The minimum Gasteiger partial charge on any atom is -0.350 e. The number of amides is 1. The Hall–Kier alpha value is -1.15. The van der Waals surface area contributed by atoms with Gasteiger partial charge in [-0.3, -0.25) is 9.69 Å². The van der Waals surface area contributed by atoms with E-state index in [9.17, 15) is 13.2 Å². The molecule has 8 heteroatoms. The van der Waals surface area contributed by atoms with Crippen LogP contribution in [0.1, 0.15) is 49.9 Å². The number of carbonyl (C=O) groups is 1. The van der Waals surface area contributed by atoms with E-state index in [0.29, 0.717) is 50.6 Å². The lowest BCUT2D eigenvalue weighted by Gasteiger charge is -2.53. The number of hydrogen-bond donors (Lipinski definition) is 1. The van der Waals surface area contributed by atoms with Crippen molar-refractivity contribution in [3.05, 3.63) is 35.9 Å². The maximum absolute atomic E-state index is 12.7. The summed E-state index contributed by atoms with van der Waals surface area (Å²) in [6, 6.07) is 9.21. The van der Waals surface area contributed by atoms with Crippen molar-refractivity contribution in [2.45, 2.75) is 50.4 Å². The van der Waals surface area contributed by atoms with Crippen molar-refractivity contribution in [3.63, 3.8) is 0 Å². The Morgan fingerprint density at radius 1 is 1.20 bits per heavy atom. The van der Waals surface area contributed by atoms with Crippen LogP contribution in [0.15, 0.2) is 30.3 Å². The molecule has 30 heavy (non-hydrogen) atoms. The van der Waals surface area contributed by atoms with E-state index < -0.39 is 10.0 Å². The summed E-state index contributed by atoms with van der Waals surface area (Å²) in [6.45, 7) is 6.77. The van der Waals surface area contributed by atoms with Crippen LogP contribution in [0.4, 0.5) is 0 Å². The van der Waals surface area contributed by atoms with Gasteiger partial charge >= 0.3 is 0 Å². The van der Waals surface area contributed by atoms with Gasteiger partial charge in [0, 0.05) is 38.3 Å². The van der Waals surface area contributed by atoms with E-state index in [0.717, 1.165) is 19.3 Å². The topological polar surface area (TPSA) is 69.7 Å². The average Bonchev–Trinajstić information content (AvgIpc) is 2.75.